The molecular weight excluding hydrogens is 596 g/mol. The van der Waals surface area contributed by atoms with Gasteiger partial charge >= 0.3 is 11.9 Å². The molecule has 1 saturated heterocycles. The van der Waals surface area contributed by atoms with Crippen LogP contribution in [-0.2, 0) is 14.3 Å². The first-order valence-electron chi connectivity index (χ1n) is 12.3. The lowest BCUT2D eigenvalue weighted by atomic mass is 9.95. The van der Waals surface area contributed by atoms with E-state index in [1.807, 2.05) is 30.3 Å². The summed E-state index contributed by atoms with van der Waals surface area (Å²) in [7, 11) is 0. The fourth-order valence-electron chi connectivity index (χ4n) is 4.35. The number of benzene rings is 3. The van der Waals surface area contributed by atoms with Crippen LogP contribution >= 0.6 is 27.3 Å². The van der Waals surface area contributed by atoms with Gasteiger partial charge in [0.1, 0.15) is 22.1 Å². The lowest BCUT2D eigenvalue weighted by molar-refractivity contribution is -0.132. The Kier molecular flexibility index (Phi) is 7.81. The van der Waals surface area contributed by atoms with Crippen molar-refractivity contribution in [2.75, 3.05) is 11.5 Å². The van der Waals surface area contributed by atoms with E-state index in [9.17, 15) is 19.5 Å². The van der Waals surface area contributed by atoms with E-state index in [0.29, 0.717) is 28.3 Å². The summed E-state index contributed by atoms with van der Waals surface area (Å²) < 4.78 is 11.9. The zero-order chi connectivity index (χ0) is 28.4. The van der Waals surface area contributed by atoms with Gasteiger partial charge in [0.2, 0.25) is 0 Å². The lowest BCUT2D eigenvalue weighted by Crippen LogP contribution is -2.29. The quantitative estimate of drug-likeness (QED) is 0.105. The van der Waals surface area contributed by atoms with Crippen LogP contribution in [0, 0.1) is 6.92 Å². The van der Waals surface area contributed by atoms with Gasteiger partial charge in [0.25, 0.3) is 5.78 Å². The number of hydrogen-bond donors (Lipinski definition) is 1. The molecule has 8 nitrogen and oxygen atoms in total. The van der Waals surface area contributed by atoms with E-state index in [-0.39, 0.29) is 27.9 Å². The maximum atomic E-state index is 13.5. The highest BCUT2D eigenvalue weighted by molar-refractivity contribution is 9.10. The average Bonchev–Trinajstić information content (AvgIpc) is 3.46. The summed E-state index contributed by atoms with van der Waals surface area (Å²) in [6.45, 7) is 3.51. The van der Waals surface area contributed by atoms with E-state index in [2.05, 4.69) is 20.9 Å². The van der Waals surface area contributed by atoms with Gasteiger partial charge in [-0.2, -0.15) is 0 Å². The van der Waals surface area contributed by atoms with E-state index >= 15 is 0 Å². The lowest BCUT2D eigenvalue weighted by Gasteiger charge is -2.23. The molecule has 5 rings (SSSR count). The molecule has 2 heterocycles. The maximum Gasteiger partial charge on any atom is 0.350 e. The number of anilines is 1. The fraction of sp³-hybridized carbons (Fsp3) is 0.133. The number of ether oxygens (including phenoxy) is 2. The first-order valence-corrected chi connectivity index (χ1v) is 13.9. The molecule has 1 aliphatic heterocycles. The molecule has 1 fully saturated rings. The van der Waals surface area contributed by atoms with Crippen molar-refractivity contribution in [3.05, 3.63) is 111 Å². The summed E-state index contributed by atoms with van der Waals surface area (Å²) in [6, 6.07) is 21.8. The zero-order valence-electron chi connectivity index (χ0n) is 21.5. The van der Waals surface area contributed by atoms with Crippen molar-refractivity contribution in [2.24, 2.45) is 0 Å². The van der Waals surface area contributed by atoms with Crippen molar-refractivity contribution in [1.82, 2.24) is 4.98 Å². The Balaban J connectivity index is 1.66. The van der Waals surface area contributed by atoms with E-state index in [1.54, 1.807) is 62.4 Å². The number of rotatable bonds is 7. The van der Waals surface area contributed by atoms with Crippen molar-refractivity contribution in [1.29, 1.82) is 0 Å². The second-order valence-electron chi connectivity index (χ2n) is 8.80. The molecule has 1 N–H and O–H groups in total. The van der Waals surface area contributed by atoms with Crippen molar-refractivity contribution >= 4 is 55.8 Å². The molecule has 3 aromatic carbocycles. The number of amides is 1. The third kappa shape index (κ3) is 5.28. The smallest absolute Gasteiger partial charge is 0.350 e. The number of carbonyl (C=O) groups is 3. The molecule has 0 bridgehead atoms. The summed E-state index contributed by atoms with van der Waals surface area (Å²) in [4.78, 5) is 45.4. The second kappa shape index (κ2) is 11.4. The van der Waals surface area contributed by atoms with Crippen LogP contribution in [0.1, 0.15) is 39.5 Å². The molecule has 0 aliphatic carbocycles. The van der Waals surface area contributed by atoms with Crippen LogP contribution in [0.15, 0.2) is 88.9 Å². The molecule has 40 heavy (non-hydrogen) atoms. The van der Waals surface area contributed by atoms with Gasteiger partial charge in [-0.3, -0.25) is 14.5 Å². The molecule has 1 atom stereocenters. The minimum absolute atomic E-state index is 0.102. The Bertz CT molecular complexity index is 1630. The largest absolute Gasteiger partial charge is 0.507 e. The normalized spacial score (nSPS) is 16.3. The number of carbonyl (C=O) groups excluding carboxylic acids is 3. The Hall–Kier alpha value is -4.28. The number of aliphatic hydroxyl groups excluding tert-OH is 1. The monoisotopic (exact) mass is 618 g/mol. The molecule has 0 saturated carbocycles. The van der Waals surface area contributed by atoms with Gasteiger partial charge in [-0.15, -0.1) is 0 Å². The number of thiazole rings is 1. The first kappa shape index (κ1) is 27.3. The van der Waals surface area contributed by atoms with Gasteiger partial charge in [0.15, 0.2) is 5.13 Å². The summed E-state index contributed by atoms with van der Waals surface area (Å²) in [5.41, 5.74) is 1.14. The molecule has 1 aliphatic rings. The fourth-order valence-corrected chi connectivity index (χ4v) is 5.60. The average molecular weight is 619 g/mol. The minimum Gasteiger partial charge on any atom is -0.507 e. The SMILES string of the molecule is CCOC(=O)c1sc(N2C(=O)C(=O)/C(=C(/O)c3ccc(Br)cc3)C2c2cccc(Oc3ccccc3)c2)nc1C. The highest BCUT2D eigenvalue weighted by atomic mass is 79.9. The number of halogens is 1. The minimum atomic E-state index is -1.04. The molecule has 10 heteroatoms. The number of esters is 1. The highest BCUT2D eigenvalue weighted by Gasteiger charge is 2.48. The molecule has 0 radical (unpaired) electrons. The predicted octanol–water partition coefficient (Wildman–Crippen LogP) is 6.81. The summed E-state index contributed by atoms with van der Waals surface area (Å²) >= 11 is 4.32. The zero-order valence-corrected chi connectivity index (χ0v) is 23.9. The van der Waals surface area contributed by atoms with Gasteiger partial charge in [-0.1, -0.05) is 69.7 Å². The highest BCUT2D eigenvalue weighted by Crippen LogP contribution is 2.44. The molecule has 1 aromatic heterocycles. The van der Waals surface area contributed by atoms with E-state index in [0.717, 1.165) is 15.8 Å². The van der Waals surface area contributed by atoms with Crippen LogP contribution in [0.5, 0.6) is 11.5 Å². The number of aromatic nitrogens is 1. The molecule has 1 amide bonds. The Morgan fingerprint density at radius 2 is 1.73 bits per heavy atom. The third-order valence-corrected chi connectivity index (χ3v) is 7.83. The van der Waals surface area contributed by atoms with Gasteiger partial charge in [0.05, 0.1) is 23.9 Å². The summed E-state index contributed by atoms with van der Waals surface area (Å²) in [5, 5.41) is 11.5. The first-order chi connectivity index (χ1) is 19.3. The topological polar surface area (TPSA) is 106 Å². The van der Waals surface area contributed by atoms with Gasteiger partial charge in [-0.25, -0.2) is 9.78 Å². The van der Waals surface area contributed by atoms with Crippen LogP contribution < -0.4 is 9.64 Å². The number of hydrogen-bond acceptors (Lipinski definition) is 8. The number of nitrogens with zero attached hydrogens (tertiary/aromatic N) is 2. The van der Waals surface area contributed by atoms with Gasteiger partial charge in [0, 0.05) is 10.0 Å². The number of Topliss-reactive ketones (excluding diaryl/α,β-unsaturated/α-hetero) is 1. The number of aliphatic hydroxyl groups is 1. The third-order valence-electron chi connectivity index (χ3n) is 6.17. The van der Waals surface area contributed by atoms with Crippen LogP contribution in [0.25, 0.3) is 5.76 Å². The van der Waals surface area contributed by atoms with Crippen LogP contribution in [0.2, 0.25) is 0 Å². The number of para-hydroxylation sites is 1. The molecule has 0 spiro atoms. The molecule has 1 unspecified atom stereocenters. The van der Waals surface area contributed by atoms with Crippen molar-refractivity contribution in [3.63, 3.8) is 0 Å². The molecule has 202 valence electrons. The Labute approximate surface area is 242 Å². The molecule has 4 aromatic rings. The van der Waals surface area contributed by atoms with Crippen LogP contribution in [0.4, 0.5) is 5.13 Å². The van der Waals surface area contributed by atoms with Crippen LogP contribution in [-0.4, -0.2) is 34.4 Å². The maximum absolute atomic E-state index is 13.5. The van der Waals surface area contributed by atoms with Crippen LogP contribution in [0.3, 0.4) is 0 Å². The van der Waals surface area contributed by atoms with E-state index in [1.165, 1.54) is 4.90 Å². The summed E-state index contributed by atoms with van der Waals surface area (Å²) in [6.07, 6.45) is 0. The van der Waals surface area contributed by atoms with Crippen molar-refractivity contribution in [3.8, 4) is 11.5 Å². The van der Waals surface area contributed by atoms with Crippen molar-refractivity contribution < 1.29 is 29.0 Å². The Morgan fingerprint density at radius 1 is 1.02 bits per heavy atom. The van der Waals surface area contributed by atoms with Crippen molar-refractivity contribution in [2.45, 2.75) is 19.9 Å². The number of aryl methyl sites for hydroxylation is 1. The van der Waals surface area contributed by atoms with Gasteiger partial charge in [-0.05, 0) is 55.8 Å². The number of ketones is 1. The predicted molar refractivity (Wildman–Crippen MR) is 155 cm³/mol. The van der Waals surface area contributed by atoms with E-state index in [4.69, 9.17) is 9.47 Å². The summed E-state index contributed by atoms with van der Waals surface area (Å²) in [5.74, 6) is -1.55. The second-order valence-corrected chi connectivity index (χ2v) is 10.7. The van der Waals surface area contributed by atoms with Gasteiger partial charge < -0.3 is 14.6 Å². The molecular formula is C30H23BrN2O6S. The van der Waals surface area contributed by atoms with E-state index < -0.39 is 23.7 Å². The standard InChI is InChI=1S/C30H23BrN2O6S/c1-3-38-29(37)27-17(2)32-30(40-27)33-24(19-8-7-11-22(16-19)39-21-9-5-4-6-10-21)23(26(35)28(33)36)25(34)18-12-14-20(31)15-13-18/h4-16,24,34H,3H2,1-2H3/b25-23+. The Morgan fingerprint density at radius 3 is 2.42 bits per heavy atom.